The van der Waals surface area contributed by atoms with Gasteiger partial charge >= 0.3 is 5.97 Å². The maximum Gasteiger partial charge on any atom is 0.343 e. The first kappa shape index (κ1) is 26.3. The Morgan fingerprint density at radius 3 is 2.05 bits per heavy atom. The Labute approximate surface area is 237 Å². The number of esters is 1. The van der Waals surface area contributed by atoms with E-state index in [9.17, 15) is 14.4 Å². The summed E-state index contributed by atoms with van der Waals surface area (Å²) in [5.74, 6) is -0.968. The SMILES string of the molecule is CCCOc1ccc(N2C(=O)[C@H]3[C@@H](c4ccc(OC(=O)c5ccccc5)cc4)N(c4ccccc4)O[C@H]3C2=O)cc1. The maximum atomic E-state index is 13.9. The van der Waals surface area contributed by atoms with Crippen molar-refractivity contribution in [2.75, 3.05) is 16.6 Å². The first-order chi connectivity index (χ1) is 20.0. The number of nitrogens with zero attached hydrogens (tertiary/aromatic N) is 2. The summed E-state index contributed by atoms with van der Waals surface area (Å²) in [5, 5.41) is 1.63. The Balaban J connectivity index is 1.29. The molecule has 0 bridgehead atoms. The minimum atomic E-state index is -0.987. The zero-order valence-electron chi connectivity index (χ0n) is 22.4. The summed E-state index contributed by atoms with van der Waals surface area (Å²) in [6, 6.07) is 31.4. The lowest BCUT2D eigenvalue weighted by atomic mass is 9.90. The van der Waals surface area contributed by atoms with Crippen LogP contribution in [0, 0.1) is 5.92 Å². The van der Waals surface area contributed by atoms with Gasteiger partial charge in [-0.25, -0.2) is 14.8 Å². The number of imide groups is 1. The highest BCUT2D eigenvalue weighted by molar-refractivity contribution is 6.24. The van der Waals surface area contributed by atoms with Gasteiger partial charge in [0.2, 0.25) is 5.91 Å². The van der Waals surface area contributed by atoms with Gasteiger partial charge in [-0.1, -0.05) is 55.5 Å². The van der Waals surface area contributed by atoms with Crippen molar-refractivity contribution in [1.82, 2.24) is 0 Å². The standard InChI is InChI=1S/C33H28N2O6/c1-2-21-39-26-19-15-24(16-20-26)34-31(36)28-29(35(41-30(28)32(34)37)25-11-7-4-8-12-25)22-13-17-27(18-14-22)40-33(38)23-9-5-3-6-10-23/h3-20,28-30H,2,21H2,1H3/t28-,29+,30+/m0/s1. The van der Waals surface area contributed by atoms with E-state index in [1.54, 1.807) is 77.9 Å². The fourth-order valence-corrected chi connectivity index (χ4v) is 5.19. The smallest absolute Gasteiger partial charge is 0.343 e. The van der Waals surface area contributed by atoms with Crippen molar-refractivity contribution >= 4 is 29.2 Å². The lowest BCUT2D eigenvalue weighted by molar-refractivity contribution is -0.126. The molecule has 2 aliphatic rings. The van der Waals surface area contributed by atoms with Crippen LogP contribution < -0.4 is 19.4 Å². The number of hydroxylamine groups is 1. The van der Waals surface area contributed by atoms with Gasteiger partial charge in [-0.2, -0.15) is 0 Å². The highest BCUT2D eigenvalue weighted by atomic mass is 16.7. The molecule has 41 heavy (non-hydrogen) atoms. The summed E-state index contributed by atoms with van der Waals surface area (Å²) in [5.41, 5.74) is 2.37. The predicted molar refractivity (Wildman–Crippen MR) is 153 cm³/mol. The summed E-state index contributed by atoms with van der Waals surface area (Å²) in [6.45, 7) is 2.61. The molecule has 0 spiro atoms. The van der Waals surface area contributed by atoms with Gasteiger partial charge in [0.25, 0.3) is 5.91 Å². The molecule has 4 aromatic carbocycles. The van der Waals surface area contributed by atoms with Gasteiger partial charge in [0, 0.05) is 0 Å². The Bertz CT molecular complexity index is 1540. The van der Waals surface area contributed by atoms with Crippen molar-refractivity contribution in [2.45, 2.75) is 25.5 Å². The van der Waals surface area contributed by atoms with Gasteiger partial charge in [-0.3, -0.25) is 14.4 Å². The fourth-order valence-electron chi connectivity index (χ4n) is 5.19. The summed E-state index contributed by atoms with van der Waals surface area (Å²) in [6.07, 6.45) is -0.110. The van der Waals surface area contributed by atoms with Crippen LogP contribution in [0.15, 0.2) is 109 Å². The Morgan fingerprint density at radius 1 is 0.756 bits per heavy atom. The van der Waals surface area contributed by atoms with Crippen LogP contribution in [0.25, 0.3) is 0 Å². The molecule has 0 unspecified atom stereocenters. The van der Waals surface area contributed by atoms with Crippen LogP contribution in [0.1, 0.15) is 35.3 Å². The lowest BCUT2D eigenvalue weighted by Gasteiger charge is -2.28. The van der Waals surface area contributed by atoms with Crippen LogP contribution >= 0.6 is 0 Å². The highest BCUT2D eigenvalue weighted by Gasteiger charge is 2.60. The zero-order valence-corrected chi connectivity index (χ0v) is 22.4. The normalized spacial score (nSPS) is 19.8. The number of carbonyl (C=O) groups excluding carboxylic acids is 3. The van der Waals surface area contributed by atoms with E-state index in [2.05, 4.69) is 0 Å². The van der Waals surface area contributed by atoms with Crippen LogP contribution in [-0.2, 0) is 14.4 Å². The summed E-state index contributed by atoms with van der Waals surface area (Å²) in [4.78, 5) is 47.4. The quantitative estimate of drug-likeness (QED) is 0.158. The highest BCUT2D eigenvalue weighted by Crippen LogP contribution is 2.47. The van der Waals surface area contributed by atoms with Crippen molar-refractivity contribution < 1.29 is 28.7 Å². The topological polar surface area (TPSA) is 85.4 Å². The average Bonchev–Trinajstić information content (AvgIpc) is 3.53. The molecule has 206 valence electrons. The minimum Gasteiger partial charge on any atom is -0.494 e. The fraction of sp³-hybridized carbons (Fsp3) is 0.182. The third-order valence-electron chi connectivity index (χ3n) is 7.14. The van der Waals surface area contributed by atoms with Crippen molar-refractivity contribution in [3.63, 3.8) is 0 Å². The second kappa shape index (κ2) is 11.3. The van der Waals surface area contributed by atoms with Crippen molar-refractivity contribution in [3.8, 4) is 11.5 Å². The van der Waals surface area contributed by atoms with Gasteiger partial charge < -0.3 is 9.47 Å². The molecule has 0 saturated carbocycles. The molecule has 4 aromatic rings. The van der Waals surface area contributed by atoms with E-state index in [0.29, 0.717) is 29.4 Å². The third kappa shape index (κ3) is 5.05. The molecular weight excluding hydrogens is 520 g/mol. The van der Waals surface area contributed by atoms with Crippen LogP contribution in [0.4, 0.5) is 11.4 Å². The van der Waals surface area contributed by atoms with E-state index in [4.69, 9.17) is 14.3 Å². The zero-order chi connectivity index (χ0) is 28.3. The second-order valence-electron chi connectivity index (χ2n) is 9.84. The number of para-hydroxylation sites is 1. The van der Waals surface area contributed by atoms with E-state index in [1.807, 2.05) is 43.3 Å². The molecule has 6 rings (SSSR count). The molecule has 8 nitrogen and oxygen atoms in total. The summed E-state index contributed by atoms with van der Waals surface area (Å²) < 4.78 is 11.2. The number of hydrogen-bond donors (Lipinski definition) is 0. The Kier molecular flexibility index (Phi) is 7.22. The number of carbonyl (C=O) groups is 3. The minimum absolute atomic E-state index is 0.342. The molecule has 2 fully saturated rings. The van der Waals surface area contributed by atoms with E-state index >= 15 is 0 Å². The number of hydrogen-bond acceptors (Lipinski definition) is 7. The third-order valence-corrected chi connectivity index (χ3v) is 7.14. The van der Waals surface area contributed by atoms with Gasteiger partial charge in [-0.15, -0.1) is 0 Å². The van der Waals surface area contributed by atoms with Crippen molar-refractivity contribution in [2.24, 2.45) is 5.92 Å². The molecule has 0 N–H and O–H groups in total. The first-order valence-electron chi connectivity index (χ1n) is 13.5. The van der Waals surface area contributed by atoms with Gasteiger partial charge in [0.1, 0.15) is 17.4 Å². The van der Waals surface area contributed by atoms with Gasteiger partial charge in [0.05, 0.1) is 29.6 Å². The molecule has 0 aromatic heterocycles. The number of amides is 2. The van der Waals surface area contributed by atoms with E-state index in [1.165, 1.54) is 4.90 Å². The number of benzene rings is 4. The Morgan fingerprint density at radius 2 is 1.39 bits per heavy atom. The summed E-state index contributed by atoms with van der Waals surface area (Å²) in [7, 11) is 0. The van der Waals surface area contributed by atoms with Gasteiger partial charge in [-0.05, 0) is 72.6 Å². The molecule has 2 heterocycles. The van der Waals surface area contributed by atoms with Crippen LogP contribution in [0.2, 0.25) is 0 Å². The number of fused-ring (bicyclic) bond motifs is 1. The first-order valence-corrected chi connectivity index (χ1v) is 13.5. The van der Waals surface area contributed by atoms with Crippen LogP contribution in [0.5, 0.6) is 11.5 Å². The monoisotopic (exact) mass is 548 g/mol. The van der Waals surface area contributed by atoms with E-state index < -0.39 is 29.9 Å². The number of rotatable bonds is 8. The molecule has 3 atom stereocenters. The molecule has 2 aliphatic heterocycles. The van der Waals surface area contributed by atoms with Crippen molar-refractivity contribution in [1.29, 1.82) is 0 Å². The molecule has 2 saturated heterocycles. The number of anilines is 2. The lowest BCUT2D eigenvalue weighted by Crippen LogP contribution is -2.37. The van der Waals surface area contributed by atoms with E-state index in [-0.39, 0.29) is 5.91 Å². The van der Waals surface area contributed by atoms with E-state index in [0.717, 1.165) is 17.7 Å². The van der Waals surface area contributed by atoms with Crippen LogP contribution in [-0.4, -0.2) is 30.5 Å². The van der Waals surface area contributed by atoms with Gasteiger partial charge in [0.15, 0.2) is 6.10 Å². The van der Waals surface area contributed by atoms with Crippen LogP contribution in [0.3, 0.4) is 0 Å². The molecule has 2 amide bonds. The van der Waals surface area contributed by atoms with Crippen molar-refractivity contribution in [3.05, 3.63) is 120 Å². The summed E-state index contributed by atoms with van der Waals surface area (Å²) >= 11 is 0. The molecule has 0 radical (unpaired) electrons. The predicted octanol–water partition coefficient (Wildman–Crippen LogP) is 5.75. The maximum absolute atomic E-state index is 13.9. The number of ether oxygens (including phenoxy) is 2. The molecule has 0 aliphatic carbocycles. The second-order valence-corrected chi connectivity index (χ2v) is 9.84. The average molecular weight is 549 g/mol. The molecular formula is C33H28N2O6. The Hall–Kier alpha value is -4.95. The molecule has 8 heteroatoms. The largest absolute Gasteiger partial charge is 0.494 e.